The molecular weight excluding hydrogens is 220 g/mol. The molecule has 0 saturated heterocycles. The van der Waals surface area contributed by atoms with Crippen LogP contribution in [0.15, 0.2) is 35.2 Å². The smallest absolute Gasteiger partial charge is 0.184 e. The predicted octanol–water partition coefficient (Wildman–Crippen LogP) is 2.79. The Morgan fingerprint density at radius 3 is 2.38 bits per heavy atom. The zero-order chi connectivity index (χ0) is 11.2. The summed E-state index contributed by atoms with van der Waals surface area (Å²) in [6, 6.07) is 8.93. The molecule has 0 aliphatic heterocycles. The van der Waals surface area contributed by atoms with E-state index in [4.69, 9.17) is 0 Å². The van der Waals surface area contributed by atoms with Crippen LogP contribution in [0.1, 0.15) is 32.1 Å². The van der Waals surface area contributed by atoms with Gasteiger partial charge in [0, 0.05) is 0 Å². The highest BCUT2D eigenvalue weighted by Gasteiger charge is 2.55. The molecule has 3 saturated carbocycles. The van der Waals surface area contributed by atoms with Crippen molar-refractivity contribution in [2.45, 2.75) is 41.7 Å². The van der Waals surface area contributed by atoms with Gasteiger partial charge in [0.15, 0.2) is 9.84 Å². The van der Waals surface area contributed by atoms with Crippen LogP contribution < -0.4 is 0 Å². The van der Waals surface area contributed by atoms with E-state index < -0.39 is 14.6 Å². The lowest BCUT2D eigenvalue weighted by Crippen LogP contribution is -2.53. The lowest BCUT2D eigenvalue weighted by atomic mass is 9.64. The third-order valence-corrected chi connectivity index (χ3v) is 6.76. The van der Waals surface area contributed by atoms with E-state index in [2.05, 4.69) is 0 Å². The highest BCUT2D eigenvalue weighted by atomic mass is 32.2. The van der Waals surface area contributed by atoms with Crippen molar-refractivity contribution in [2.24, 2.45) is 5.92 Å². The van der Waals surface area contributed by atoms with Gasteiger partial charge in [0.1, 0.15) is 0 Å². The molecule has 0 spiro atoms. The van der Waals surface area contributed by atoms with Gasteiger partial charge in [-0.25, -0.2) is 8.42 Å². The van der Waals surface area contributed by atoms with Gasteiger partial charge in [-0.1, -0.05) is 31.0 Å². The monoisotopic (exact) mass is 236 g/mol. The van der Waals surface area contributed by atoms with Crippen molar-refractivity contribution >= 4 is 9.84 Å². The van der Waals surface area contributed by atoms with E-state index in [9.17, 15) is 8.42 Å². The van der Waals surface area contributed by atoms with Crippen molar-refractivity contribution in [1.29, 1.82) is 0 Å². The Morgan fingerprint density at radius 1 is 1.12 bits per heavy atom. The molecular formula is C13H16O2S. The van der Waals surface area contributed by atoms with Crippen molar-refractivity contribution in [2.75, 3.05) is 0 Å². The summed E-state index contributed by atoms with van der Waals surface area (Å²) in [6.45, 7) is 0. The molecule has 3 fully saturated rings. The van der Waals surface area contributed by atoms with E-state index in [-0.39, 0.29) is 0 Å². The van der Waals surface area contributed by atoms with Gasteiger partial charge in [0.25, 0.3) is 0 Å². The van der Waals surface area contributed by atoms with Crippen LogP contribution in [0.3, 0.4) is 0 Å². The first kappa shape index (κ1) is 10.3. The Labute approximate surface area is 96.6 Å². The second-order valence-corrected chi connectivity index (χ2v) is 7.51. The van der Waals surface area contributed by atoms with Gasteiger partial charge < -0.3 is 0 Å². The number of sulfone groups is 1. The summed E-state index contributed by atoms with van der Waals surface area (Å²) in [4.78, 5) is 0.510. The fourth-order valence-corrected chi connectivity index (χ4v) is 5.66. The van der Waals surface area contributed by atoms with Crippen LogP contribution >= 0.6 is 0 Å². The van der Waals surface area contributed by atoms with Crippen molar-refractivity contribution in [1.82, 2.24) is 0 Å². The Bertz CT molecular complexity index is 478. The van der Waals surface area contributed by atoms with Crippen LogP contribution in [0, 0.1) is 5.92 Å². The first-order valence-corrected chi connectivity index (χ1v) is 7.42. The number of hydrogen-bond acceptors (Lipinski definition) is 2. The van der Waals surface area contributed by atoms with Crippen molar-refractivity contribution in [3.8, 4) is 0 Å². The van der Waals surface area contributed by atoms with Gasteiger partial charge in [0.2, 0.25) is 0 Å². The van der Waals surface area contributed by atoms with Gasteiger partial charge in [-0.15, -0.1) is 0 Å². The van der Waals surface area contributed by atoms with Gasteiger partial charge in [-0.3, -0.25) is 0 Å². The van der Waals surface area contributed by atoms with Crippen LogP contribution in [0.5, 0.6) is 0 Å². The van der Waals surface area contributed by atoms with Crippen LogP contribution in [0.4, 0.5) is 0 Å². The maximum Gasteiger partial charge on any atom is 0.184 e. The zero-order valence-corrected chi connectivity index (χ0v) is 10.0. The summed E-state index contributed by atoms with van der Waals surface area (Å²) in [5, 5.41) is 0. The lowest BCUT2D eigenvalue weighted by molar-refractivity contribution is 0.138. The third kappa shape index (κ3) is 1.27. The molecule has 0 unspecified atom stereocenters. The summed E-state index contributed by atoms with van der Waals surface area (Å²) >= 11 is 0. The fourth-order valence-electron chi connectivity index (χ4n) is 3.32. The number of benzene rings is 1. The van der Waals surface area contributed by atoms with E-state index >= 15 is 0 Å². The summed E-state index contributed by atoms with van der Waals surface area (Å²) in [5.41, 5.74) is 0. The molecule has 2 nitrogen and oxygen atoms in total. The lowest BCUT2D eigenvalue weighted by Gasteiger charge is -2.51. The Hall–Kier alpha value is -0.830. The summed E-state index contributed by atoms with van der Waals surface area (Å²) in [6.07, 6.45) is 4.96. The molecule has 1 aromatic carbocycles. The molecule has 3 heteroatoms. The third-order valence-electron chi connectivity index (χ3n) is 4.19. The molecule has 16 heavy (non-hydrogen) atoms. The Kier molecular flexibility index (Phi) is 2.15. The maximum atomic E-state index is 12.5. The van der Waals surface area contributed by atoms with Crippen LogP contribution in [-0.4, -0.2) is 13.2 Å². The molecule has 0 amide bonds. The standard InChI is InChI=1S/C13H16O2S/c14-16(15,12-6-2-1-3-7-12)13-8-4-5-11(9-13)10-13/h1-3,6-7,11H,4-5,8-10H2. The van der Waals surface area contributed by atoms with E-state index in [1.54, 1.807) is 12.1 Å². The average Bonchev–Trinajstić information content (AvgIpc) is 2.30. The summed E-state index contributed by atoms with van der Waals surface area (Å²) < 4.78 is 24.7. The first-order chi connectivity index (χ1) is 7.64. The van der Waals surface area contributed by atoms with Gasteiger partial charge >= 0.3 is 0 Å². The molecule has 1 aromatic rings. The van der Waals surface area contributed by atoms with E-state index in [1.165, 1.54) is 6.42 Å². The van der Waals surface area contributed by atoms with Crippen molar-refractivity contribution in [3.63, 3.8) is 0 Å². The second-order valence-electron chi connectivity index (χ2n) is 5.17. The van der Waals surface area contributed by atoms with Crippen LogP contribution in [0.2, 0.25) is 0 Å². The Balaban J connectivity index is 2.01. The number of hydrogen-bond donors (Lipinski definition) is 0. The molecule has 4 rings (SSSR count). The largest absolute Gasteiger partial charge is 0.223 e. The molecule has 86 valence electrons. The van der Waals surface area contributed by atoms with Crippen LogP contribution in [0.25, 0.3) is 0 Å². The number of rotatable bonds is 2. The van der Waals surface area contributed by atoms with E-state index in [0.29, 0.717) is 10.8 Å². The number of fused-ring (bicyclic) bond motifs is 2. The highest BCUT2D eigenvalue weighted by molar-refractivity contribution is 7.93. The van der Waals surface area contributed by atoms with Crippen molar-refractivity contribution < 1.29 is 8.42 Å². The fraction of sp³-hybridized carbons (Fsp3) is 0.538. The topological polar surface area (TPSA) is 34.1 Å². The minimum Gasteiger partial charge on any atom is -0.223 e. The minimum atomic E-state index is -3.10. The van der Waals surface area contributed by atoms with E-state index in [1.807, 2.05) is 18.2 Å². The molecule has 0 radical (unpaired) electrons. The van der Waals surface area contributed by atoms with E-state index in [0.717, 1.165) is 25.7 Å². The Morgan fingerprint density at radius 2 is 1.81 bits per heavy atom. The average molecular weight is 236 g/mol. The minimum absolute atomic E-state index is 0.405. The molecule has 3 aliphatic carbocycles. The first-order valence-electron chi connectivity index (χ1n) is 5.94. The maximum absolute atomic E-state index is 12.5. The van der Waals surface area contributed by atoms with Crippen molar-refractivity contribution in [3.05, 3.63) is 30.3 Å². The van der Waals surface area contributed by atoms with Crippen LogP contribution in [-0.2, 0) is 9.84 Å². The SMILES string of the molecule is O=S(=O)(c1ccccc1)C12CCCC(C1)C2. The second kappa shape index (κ2) is 3.33. The molecule has 0 N–H and O–H groups in total. The normalized spacial score (nSPS) is 33.1. The molecule has 2 bridgehead atoms. The molecule has 3 aliphatic rings. The quantitative estimate of drug-likeness (QED) is 0.791. The highest BCUT2D eigenvalue weighted by Crippen LogP contribution is 2.55. The summed E-state index contributed by atoms with van der Waals surface area (Å²) in [5.74, 6) is 0.673. The molecule has 0 heterocycles. The summed E-state index contributed by atoms with van der Waals surface area (Å²) in [7, 11) is -3.10. The van der Waals surface area contributed by atoms with Gasteiger partial charge in [-0.2, -0.15) is 0 Å². The molecule has 0 aromatic heterocycles. The predicted molar refractivity (Wildman–Crippen MR) is 62.9 cm³/mol. The molecule has 0 atom stereocenters. The van der Waals surface area contributed by atoms with Gasteiger partial charge in [-0.05, 0) is 37.3 Å². The van der Waals surface area contributed by atoms with Gasteiger partial charge in [0.05, 0.1) is 9.64 Å². The zero-order valence-electron chi connectivity index (χ0n) is 9.22.